The number of methoxy groups -OCH3 is 1. The van der Waals surface area contributed by atoms with Crippen molar-refractivity contribution in [1.82, 2.24) is 14.6 Å². The van der Waals surface area contributed by atoms with Crippen LogP contribution < -0.4 is 4.74 Å². The van der Waals surface area contributed by atoms with Gasteiger partial charge in [0, 0.05) is 5.56 Å². The Morgan fingerprint density at radius 1 is 1.21 bits per heavy atom. The number of ether oxygens (including phenoxy) is 1. The number of hydrogen-bond acceptors (Lipinski definition) is 4. The molecule has 0 fully saturated rings. The molecule has 0 spiro atoms. The number of phenols is 1. The molecule has 5 heteroatoms. The van der Waals surface area contributed by atoms with Gasteiger partial charge in [-0.2, -0.15) is 5.10 Å². The van der Waals surface area contributed by atoms with Crippen molar-refractivity contribution in [3.05, 3.63) is 42.2 Å². The second-order valence-corrected chi connectivity index (χ2v) is 4.29. The first-order valence-corrected chi connectivity index (χ1v) is 5.88. The van der Waals surface area contributed by atoms with Gasteiger partial charge in [-0.1, -0.05) is 0 Å². The third-order valence-corrected chi connectivity index (χ3v) is 2.92. The summed E-state index contributed by atoms with van der Waals surface area (Å²) in [6.07, 6.45) is 1.86. The smallest absolute Gasteiger partial charge is 0.160 e. The summed E-state index contributed by atoms with van der Waals surface area (Å²) < 4.78 is 6.75. The van der Waals surface area contributed by atoms with Gasteiger partial charge < -0.3 is 9.84 Å². The standard InChI is InChI=1S/C14H13N3O2/c1-9-8-17-14(15-9)6-4-11(16-17)10-3-5-13(19-2)12(18)7-10/h3-8,18H,1-2H3. The third-order valence-electron chi connectivity index (χ3n) is 2.92. The quantitative estimate of drug-likeness (QED) is 0.764. The minimum atomic E-state index is 0.101. The van der Waals surface area contributed by atoms with Crippen molar-refractivity contribution in [1.29, 1.82) is 0 Å². The van der Waals surface area contributed by atoms with Crippen LogP contribution in [0.25, 0.3) is 16.9 Å². The maximum atomic E-state index is 9.80. The SMILES string of the molecule is COc1ccc(-c2ccc3nc(C)cn3n2)cc1O. The molecule has 19 heavy (non-hydrogen) atoms. The molecule has 0 saturated heterocycles. The maximum Gasteiger partial charge on any atom is 0.160 e. The fourth-order valence-corrected chi connectivity index (χ4v) is 2.00. The largest absolute Gasteiger partial charge is 0.504 e. The number of phenolic OH excluding ortho intramolecular Hbond substituents is 1. The number of imidazole rings is 1. The highest BCUT2D eigenvalue weighted by atomic mass is 16.5. The topological polar surface area (TPSA) is 59.7 Å². The number of nitrogens with zero attached hydrogens (tertiary/aromatic N) is 3. The van der Waals surface area contributed by atoms with Gasteiger partial charge in [0.1, 0.15) is 0 Å². The summed E-state index contributed by atoms with van der Waals surface area (Å²) >= 11 is 0. The molecule has 0 amide bonds. The van der Waals surface area contributed by atoms with Crippen LogP contribution in [0.15, 0.2) is 36.5 Å². The van der Waals surface area contributed by atoms with E-state index >= 15 is 0 Å². The van der Waals surface area contributed by atoms with Crippen molar-refractivity contribution in [2.75, 3.05) is 7.11 Å². The summed E-state index contributed by atoms with van der Waals surface area (Å²) in [5, 5.41) is 14.3. The monoisotopic (exact) mass is 255 g/mol. The summed E-state index contributed by atoms with van der Waals surface area (Å²) in [5.41, 5.74) is 3.32. The van der Waals surface area contributed by atoms with Gasteiger partial charge in [-0.25, -0.2) is 9.50 Å². The number of fused-ring (bicyclic) bond motifs is 1. The van der Waals surface area contributed by atoms with Gasteiger partial charge in [0.15, 0.2) is 17.1 Å². The van der Waals surface area contributed by atoms with E-state index in [1.807, 2.05) is 31.3 Å². The van der Waals surface area contributed by atoms with Crippen LogP contribution in [0.1, 0.15) is 5.69 Å². The zero-order chi connectivity index (χ0) is 13.4. The van der Waals surface area contributed by atoms with E-state index in [2.05, 4.69) is 10.1 Å². The molecule has 0 aliphatic rings. The second-order valence-electron chi connectivity index (χ2n) is 4.29. The number of aryl methyl sites for hydroxylation is 1. The summed E-state index contributed by atoms with van der Waals surface area (Å²) in [7, 11) is 1.52. The van der Waals surface area contributed by atoms with E-state index in [9.17, 15) is 5.11 Å². The van der Waals surface area contributed by atoms with Gasteiger partial charge in [-0.15, -0.1) is 0 Å². The van der Waals surface area contributed by atoms with Crippen LogP contribution in [0.4, 0.5) is 0 Å². The molecular weight excluding hydrogens is 242 g/mol. The van der Waals surface area contributed by atoms with Crippen molar-refractivity contribution in [3.63, 3.8) is 0 Å². The maximum absolute atomic E-state index is 9.80. The summed E-state index contributed by atoms with van der Waals surface area (Å²) in [6.45, 7) is 1.92. The molecule has 0 atom stereocenters. The molecule has 1 aromatic carbocycles. The molecule has 96 valence electrons. The Labute approximate surface area is 110 Å². The molecule has 0 saturated carbocycles. The lowest BCUT2D eigenvalue weighted by Gasteiger charge is -2.06. The summed E-state index contributed by atoms with van der Waals surface area (Å²) in [5.74, 6) is 0.548. The van der Waals surface area contributed by atoms with Crippen molar-refractivity contribution < 1.29 is 9.84 Å². The Balaban J connectivity index is 2.10. The summed E-state index contributed by atoms with van der Waals surface area (Å²) in [6, 6.07) is 8.99. The van der Waals surface area contributed by atoms with Gasteiger partial charge in [-0.05, 0) is 37.3 Å². The van der Waals surface area contributed by atoms with Crippen molar-refractivity contribution in [2.45, 2.75) is 6.92 Å². The summed E-state index contributed by atoms with van der Waals surface area (Å²) in [4.78, 5) is 4.32. The molecule has 0 aliphatic heterocycles. The number of benzene rings is 1. The number of aromatic hydroxyl groups is 1. The zero-order valence-corrected chi connectivity index (χ0v) is 10.7. The molecule has 2 aromatic heterocycles. The fourth-order valence-electron chi connectivity index (χ4n) is 2.00. The Hall–Kier alpha value is -2.56. The predicted molar refractivity (Wildman–Crippen MR) is 71.4 cm³/mol. The minimum absolute atomic E-state index is 0.101. The van der Waals surface area contributed by atoms with Gasteiger partial charge in [-0.3, -0.25) is 0 Å². The van der Waals surface area contributed by atoms with E-state index in [0.717, 1.165) is 22.6 Å². The molecular formula is C14H13N3O2. The molecule has 3 aromatic rings. The van der Waals surface area contributed by atoms with Crippen LogP contribution >= 0.6 is 0 Å². The van der Waals surface area contributed by atoms with Crippen LogP contribution in [-0.2, 0) is 0 Å². The molecule has 0 bridgehead atoms. The third kappa shape index (κ3) is 1.99. The first-order chi connectivity index (χ1) is 9.17. The molecule has 0 radical (unpaired) electrons. The van der Waals surface area contributed by atoms with Gasteiger partial charge in [0.2, 0.25) is 0 Å². The molecule has 3 rings (SSSR count). The fraction of sp³-hybridized carbons (Fsp3) is 0.143. The van der Waals surface area contributed by atoms with Crippen LogP contribution in [0.3, 0.4) is 0 Å². The average Bonchev–Trinajstić information content (AvgIpc) is 2.77. The van der Waals surface area contributed by atoms with Crippen molar-refractivity contribution in [2.24, 2.45) is 0 Å². The number of hydrogen-bond donors (Lipinski definition) is 1. The number of aromatic nitrogens is 3. The molecule has 5 nitrogen and oxygen atoms in total. The predicted octanol–water partition coefficient (Wildman–Crippen LogP) is 2.42. The van der Waals surface area contributed by atoms with E-state index in [4.69, 9.17) is 4.74 Å². The van der Waals surface area contributed by atoms with Gasteiger partial charge in [0.05, 0.1) is 24.7 Å². The van der Waals surface area contributed by atoms with E-state index in [1.54, 1.807) is 16.6 Å². The van der Waals surface area contributed by atoms with Gasteiger partial charge in [0.25, 0.3) is 0 Å². The molecule has 0 unspecified atom stereocenters. The molecule has 1 N–H and O–H groups in total. The van der Waals surface area contributed by atoms with E-state index in [-0.39, 0.29) is 5.75 Å². The first kappa shape index (κ1) is 11.5. The van der Waals surface area contributed by atoms with E-state index in [1.165, 1.54) is 7.11 Å². The zero-order valence-electron chi connectivity index (χ0n) is 10.7. The lowest BCUT2D eigenvalue weighted by molar-refractivity contribution is 0.373. The minimum Gasteiger partial charge on any atom is -0.504 e. The average molecular weight is 255 g/mol. The lowest BCUT2D eigenvalue weighted by Crippen LogP contribution is -1.93. The lowest BCUT2D eigenvalue weighted by atomic mass is 10.1. The highest BCUT2D eigenvalue weighted by molar-refractivity contribution is 5.64. The Kier molecular flexibility index (Phi) is 2.59. The van der Waals surface area contributed by atoms with Crippen LogP contribution in [0.5, 0.6) is 11.5 Å². The Morgan fingerprint density at radius 2 is 2.05 bits per heavy atom. The van der Waals surface area contributed by atoms with Crippen LogP contribution in [0, 0.1) is 6.92 Å². The Bertz CT molecular complexity index is 750. The highest BCUT2D eigenvalue weighted by Crippen LogP contribution is 2.30. The van der Waals surface area contributed by atoms with E-state index < -0.39 is 0 Å². The number of rotatable bonds is 2. The van der Waals surface area contributed by atoms with Gasteiger partial charge >= 0.3 is 0 Å². The van der Waals surface area contributed by atoms with Crippen molar-refractivity contribution >= 4 is 5.65 Å². The second kappa shape index (κ2) is 4.28. The normalized spacial score (nSPS) is 10.8. The first-order valence-electron chi connectivity index (χ1n) is 5.88. The van der Waals surface area contributed by atoms with Crippen LogP contribution in [-0.4, -0.2) is 26.8 Å². The van der Waals surface area contributed by atoms with E-state index in [0.29, 0.717) is 5.75 Å². The van der Waals surface area contributed by atoms with Crippen LogP contribution in [0.2, 0.25) is 0 Å². The molecule has 0 aliphatic carbocycles. The highest BCUT2D eigenvalue weighted by Gasteiger charge is 2.07. The van der Waals surface area contributed by atoms with Crippen molar-refractivity contribution in [3.8, 4) is 22.8 Å². The molecule has 2 heterocycles. The Morgan fingerprint density at radius 3 is 2.79 bits per heavy atom.